The van der Waals surface area contributed by atoms with E-state index >= 15 is 0 Å². The first-order valence-corrected chi connectivity index (χ1v) is 11.1. The highest BCUT2D eigenvalue weighted by atomic mass is 19.4. The standard InChI is InChI=1S/C24H22F5N3O3/c1-13(24(27,28)29)35-18-7-20-31-19(23-10-22(2,11-23)34-12-23)9-32(20)8-14(18)6-17(33)15-4-3-5-16(30-15)21(25)26/h3-5,7-9,13,21H,6,10-12H2,1-2H3. The van der Waals surface area contributed by atoms with Crippen molar-refractivity contribution in [3.05, 3.63) is 59.3 Å². The van der Waals surface area contributed by atoms with Crippen LogP contribution in [0.5, 0.6) is 5.75 Å². The first-order chi connectivity index (χ1) is 16.4. The Morgan fingerprint density at radius 1 is 1.23 bits per heavy atom. The number of nitrogens with zero attached hydrogens (tertiary/aromatic N) is 3. The van der Waals surface area contributed by atoms with Gasteiger partial charge in [0.15, 0.2) is 11.9 Å². The molecule has 1 aliphatic carbocycles. The molecule has 0 radical (unpaired) electrons. The Bertz CT molecular complexity index is 1300. The number of hydrogen-bond acceptors (Lipinski definition) is 5. The van der Waals surface area contributed by atoms with Gasteiger partial charge in [-0.05, 0) is 38.8 Å². The van der Waals surface area contributed by atoms with E-state index in [1.807, 2.05) is 6.92 Å². The van der Waals surface area contributed by atoms with Crippen LogP contribution in [0.15, 0.2) is 36.7 Å². The smallest absolute Gasteiger partial charge is 0.425 e. The van der Waals surface area contributed by atoms with E-state index in [1.165, 1.54) is 24.4 Å². The quantitative estimate of drug-likeness (QED) is 0.331. The van der Waals surface area contributed by atoms with Gasteiger partial charge in [0.05, 0.1) is 17.9 Å². The van der Waals surface area contributed by atoms with E-state index in [2.05, 4.69) is 9.97 Å². The molecule has 3 aromatic heterocycles. The SMILES string of the molecule is CC(Oc1cc2nc(C34COC(C)(C3)C4)cn2cc1CC(=O)c1cccc(C(F)F)n1)C(F)(F)F. The van der Waals surface area contributed by atoms with Gasteiger partial charge in [0.2, 0.25) is 0 Å². The van der Waals surface area contributed by atoms with Gasteiger partial charge in [-0.2, -0.15) is 13.2 Å². The molecule has 1 unspecified atom stereocenters. The van der Waals surface area contributed by atoms with Crippen molar-refractivity contribution in [2.75, 3.05) is 6.61 Å². The minimum atomic E-state index is -4.63. The number of carbonyl (C=O) groups excluding carboxylic acids is 1. The summed E-state index contributed by atoms with van der Waals surface area (Å²) in [5.74, 6) is -0.786. The van der Waals surface area contributed by atoms with Crippen molar-refractivity contribution in [1.29, 1.82) is 0 Å². The van der Waals surface area contributed by atoms with Crippen molar-refractivity contribution in [2.45, 2.75) is 62.8 Å². The van der Waals surface area contributed by atoms with Gasteiger partial charge in [-0.25, -0.2) is 18.7 Å². The predicted molar refractivity (Wildman–Crippen MR) is 114 cm³/mol. The zero-order valence-corrected chi connectivity index (χ0v) is 18.9. The average molecular weight is 495 g/mol. The van der Waals surface area contributed by atoms with Gasteiger partial charge in [-0.15, -0.1) is 0 Å². The Morgan fingerprint density at radius 2 is 1.97 bits per heavy atom. The van der Waals surface area contributed by atoms with E-state index in [9.17, 15) is 26.7 Å². The number of pyridine rings is 2. The molecule has 3 aliphatic rings. The molecule has 0 aromatic carbocycles. The molecule has 2 saturated heterocycles. The van der Waals surface area contributed by atoms with Gasteiger partial charge >= 0.3 is 6.18 Å². The fourth-order valence-electron chi connectivity index (χ4n) is 4.96. The third-order valence-electron chi connectivity index (χ3n) is 6.69. The summed E-state index contributed by atoms with van der Waals surface area (Å²) in [5, 5.41) is 0. The first-order valence-electron chi connectivity index (χ1n) is 11.1. The highest BCUT2D eigenvalue weighted by molar-refractivity contribution is 5.96. The number of ether oxygens (including phenoxy) is 2. The zero-order chi connectivity index (χ0) is 25.2. The van der Waals surface area contributed by atoms with E-state index in [0.717, 1.165) is 31.5 Å². The zero-order valence-electron chi connectivity index (χ0n) is 18.9. The van der Waals surface area contributed by atoms with Crippen molar-refractivity contribution >= 4 is 11.4 Å². The summed E-state index contributed by atoms with van der Waals surface area (Å²) in [7, 11) is 0. The Morgan fingerprint density at radius 3 is 2.60 bits per heavy atom. The lowest BCUT2D eigenvalue weighted by molar-refractivity contribution is -0.189. The molecular weight excluding hydrogens is 473 g/mol. The molecule has 6 nitrogen and oxygen atoms in total. The van der Waals surface area contributed by atoms with E-state index in [1.54, 1.807) is 10.6 Å². The van der Waals surface area contributed by atoms with Crippen LogP contribution in [0.1, 0.15) is 60.6 Å². The van der Waals surface area contributed by atoms with Crippen molar-refractivity contribution in [3.8, 4) is 5.75 Å². The van der Waals surface area contributed by atoms with Gasteiger partial charge in [0.25, 0.3) is 6.43 Å². The molecule has 2 bridgehead atoms. The number of hydrogen-bond donors (Lipinski definition) is 0. The maximum absolute atomic E-state index is 13.2. The largest absolute Gasteiger partial charge is 0.481 e. The molecule has 3 fully saturated rings. The van der Waals surface area contributed by atoms with Gasteiger partial charge in [-0.1, -0.05) is 6.07 Å². The second-order valence-electron chi connectivity index (χ2n) is 9.58. The maximum Gasteiger partial charge on any atom is 0.425 e. The van der Waals surface area contributed by atoms with E-state index < -0.39 is 36.6 Å². The molecule has 3 aromatic rings. The molecule has 35 heavy (non-hydrogen) atoms. The lowest BCUT2D eigenvalue weighted by Gasteiger charge is -2.41. The van der Waals surface area contributed by atoms with Crippen LogP contribution in [0.3, 0.4) is 0 Å². The molecule has 1 atom stereocenters. The number of carbonyl (C=O) groups is 1. The Kier molecular flexibility index (Phi) is 5.39. The number of fused-ring (bicyclic) bond motifs is 2. The van der Waals surface area contributed by atoms with Crippen LogP contribution in [0.4, 0.5) is 22.0 Å². The molecule has 0 N–H and O–H groups in total. The van der Waals surface area contributed by atoms with Crippen molar-refractivity contribution in [1.82, 2.24) is 14.4 Å². The van der Waals surface area contributed by atoms with Crippen LogP contribution in [-0.4, -0.2) is 44.6 Å². The Labute approximate surface area is 197 Å². The van der Waals surface area contributed by atoms with Gasteiger partial charge in [0.1, 0.15) is 22.8 Å². The molecule has 2 aliphatic heterocycles. The second kappa shape index (κ2) is 7.97. The highest BCUT2D eigenvalue weighted by Crippen LogP contribution is 2.58. The average Bonchev–Trinajstić information content (AvgIpc) is 3.44. The second-order valence-corrected chi connectivity index (χ2v) is 9.58. The van der Waals surface area contributed by atoms with Crippen LogP contribution in [-0.2, 0) is 16.6 Å². The number of halogens is 5. The molecule has 1 saturated carbocycles. The summed E-state index contributed by atoms with van der Waals surface area (Å²) in [4.78, 5) is 21.1. The minimum absolute atomic E-state index is 0.156. The molecule has 6 rings (SSSR count). The van der Waals surface area contributed by atoms with E-state index in [-0.39, 0.29) is 28.0 Å². The van der Waals surface area contributed by atoms with Crippen LogP contribution in [0, 0.1) is 0 Å². The molecule has 0 amide bonds. The van der Waals surface area contributed by atoms with Crippen LogP contribution in [0.25, 0.3) is 5.65 Å². The fourth-order valence-corrected chi connectivity index (χ4v) is 4.96. The molecular formula is C24H22F5N3O3. The summed E-state index contributed by atoms with van der Waals surface area (Å²) in [6.07, 6.45) is -5.14. The molecule has 186 valence electrons. The minimum Gasteiger partial charge on any atom is -0.481 e. The Hall–Kier alpha value is -3.08. The third kappa shape index (κ3) is 4.26. The summed E-state index contributed by atoms with van der Waals surface area (Å²) < 4.78 is 78.3. The monoisotopic (exact) mass is 495 g/mol. The van der Waals surface area contributed by atoms with Gasteiger partial charge < -0.3 is 13.9 Å². The van der Waals surface area contributed by atoms with Crippen LogP contribution < -0.4 is 4.74 Å². The normalized spacial score (nSPS) is 24.6. The van der Waals surface area contributed by atoms with Crippen molar-refractivity contribution in [3.63, 3.8) is 0 Å². The van der Waals surface area contributed by atoms with E-state index in [4.69, 9.17) is 9.47 Å². The first kappa shape index (κ1) is 23.7. The summed E-state index contributed by atoms with van der Waals surface area (Å²) in [5.41, 5.74) is 0.106. The third-order valence-corrected chi connectivity index (χ3v) is 6.69. The van der Waals surface area contributed by atoms with Crippen LogP contribution >= 0.6 is 0 Å². The van der Waals surface area contributed by atoms with Gasteiger partial charge in [0, 0.05) is 35.9 Å². The maximum atomic E-state index is 13.2. The number of aromatic nitrogens is 3. The number of alkyl halides is 5. The number of rotatable bonds is 7. The van der Waals surface area contributed by atoms with Gasteiger partial charge in [-0.3, -0.25) is 4.79 Å². The molecule has 11 heteroatoms. The number of Topliss-reactive ketones (excluding diaryl/α,β-unsaturated/α-hetero) is 1. The predicted octanol–water partition coefficient (Wildman–Crippen LogP) is 5.24. The van der Waals surface area contributed by atoms with Crippen LogP contribution in [0.2, 0.25) is 0 Å². The highest BCUT2D eigenvalue weighted by Gasteiger charge is 2.61. The lowest BCUT2D eigenvalue weighted by atomic mass is 9.62. The van der Waals surface area contributed by atoms with Crippen molar-refractivity contribution < 1.29 is 36.2 Å². The number of imidazole rings is 1. The van der Waals surface area contributed by atoms with E-state index in [0.29, 0.717) is 12.3 Å². The lowest BCUT2D eigenvalue weighted by Crippen LogP contribution is -2.45. The van der Waals surface area contributed by atoms with Crippen molar-refractivity contribution in [2.24, 2.45) is 0 Å². The molecule has 0 spiro atoms. The fraction of sp³-hybridized carbons (Fsp3) is 0.458. The summed E-state index contributed by atoms with van der Waals surface area (Å²) >= 11 is 0. The topological polar surface area (TPSA) is 65.7 Å². The summed E-state index contributed by atoms with van der Waals surface area (Å²) in [6.45, 7) is 3.41. The summed E-state index contributed by atoms with van der Waals surface area (Å²) in [6, 6.07) is 5.03. The number of ketones is 1. The Balaban J connectivity index is 1.50. The molecule has 5 heterocycles.